The molecule has 1 unspecified atom stereocenters. The van der Waals surface area contributed by atoms with Gasteiger partial charge in [-0.15, -0.1) is 0 Å². The summed E-state index contributed by atoms with van der Waals surface area (Å²) in [5.41, 5.74) is 11.3. The van der Waals surface area contributed by atoms with Gasteiger partial charge < -0.3 is 16.2 Å². The summed E-state index contributed by atoms with van der Waals surface area (Å²) in [6.07, 6.45) is 0.350. The van der Waals surface area contributed by atoms with Gasteiger partial charge >= 0.3 is 5.97 Å². The third-order valence-electron chi connectivity index (χ3n) is 2.87. The predicted molar refractivity (Wildman–Crippen MR) is 76.7 cm³/mol. The van der Waals surface area contributed by atoms with Crippen LogP contribution in [0.15, 0.2) is 30.3 Å². The maximum atomic E-state index is 11.8. The Kier molecular flexibility index (Phi) is 5.85. The first-order chi connectivity index (χ1) is 9.30. The second-order valence-corrected chi connectivity index (χ2v) is 5.38. The number of ether oxygens (including phenoxy) is 1. The molecule has 110 valence electrons. The number of carbonyl (C=O) groups excluding carboxylic acids is 2. The first-order valence-electron chi connectivity index (χ1n) is 6.59. The summed E-state index contributed by atoms with van der Waals surface area (Å²) in [6, 6.07) is 8.66. The number of Topliss-reactive ketones (excluding diaryl/α,β-unsaturated/α-hetero) is 1. The normalized spacial score (nSPS) is 12.8. The lowest BCUT2D eigenvalue weighted by Gasteiger charge is -2.21. The number of hydrogen-bond donors (Lipinski definition) is 2. The van der Waals surface area contributed by atoms with Crippen molar-refractivity contribution in [2.24, 2.45) is 11.5 Å². The molecule has 0 aliphatic rings. The fraction of sp³-hybridized carbons (Fsp3) is 0.467. The van der Waals surface area contributed by atoms with E-state index in [1.54, 1.807) is 13.8 Å². The molecule has 0 amide bonds. The van der Waals surface area contributed by atoms with Gasteiger partial charge in [0.25, 0.3) is 0 Å². The Morgan fingerprint density at radius 2 is 1.85 bits per heavy atom. The molecule has 5 nitrogen and oxygen atoms in total. The van der Waals surface area contributed by atoms with Gasteiger partial charge in [0.2, 0.25) is 0 Å². The van der Waals surface area contributed by atoms with E-state index in [1.807, 2.05) is 30.3 Å². The summed E-state index contributed by atoms with van der Waals surface area (Å²) in [5.74, 6) is -0.625. The third kappa shape index (κ3) is 5.50. The lowest BCUT2D eigenvalue weighted by Crippen LogP contribution is -2.50. The van der Waals surface area contributed by atoms with E-state index in [4.69, 9.17) is 16.2 Å². The lowest BCUT2D eigenvalue weighted by molar-refractivity contribution is -0.145. The van der Waals surface area contributed by atoms with Crippen molar-refractivity contribution in [3.63, 3.8) is 0 Å². The molecule has 0 saturated carbocycles. The fourth-order valence-corrected chi connectivity index (χ4v) is 1.69. The molecule has 1 atom stereocenters. The van der Waals surface area contributed by atoms with Crippen molar-refractivity contribution in [3.8, 4) is 0 Å². The Morgan fingerprint density at radius 3 is 2.40 bits per heavy atom. The summed E-state index contributed by atoms with van der Waals surface area (Å²) in [6.45, 7) is 3.43. The van der Waals surface area contributed by atoms with E-state index in [0.717, 1.165) is 5.56 Å². The van der Waals surface area contributed by atoms with Crippen molar-refractivity contribution in [2.45, 2.75) is 44.9 Å². The molecular weight excluding hydrogens is 256 g/mol. The summed E-state index contributed by atoms with van der Waals surface area (Å²) in [7, 11) is 0. The fourth-order valence-electron chi connectivity index (χ4n) is 1.69. The summed E-state index contributed by atoms with van der Waals surface area (Å²) < 4.78 is 5.11. The highest BCUT2D eigenvalue weighted by atomic mass is 16.5. The second kappa shape index (κ2) is 7.17. The minimum Gasteiger partial charge on any atom is -0.461 e. The first kappa shape index (κ1) is 16.3. The molecule has 0 spiro atoms. The van der Waals surface area contributed by atoms with Gasteiger partial charge in [-0.1, -0.05) is 30.3 Å². The van der Waals surface area contributed by atoms with Crippen LogP contribution in [-0.2, 0) is 20.9 Å². The number of nitrogens with two attached hydrogens (primary N) is 2. The second-order valence-electron chi connectivity index (χ2n) is 5.38. The van der Waals surface area contributed by atoms with Gasteiger partial charge in [-0.05, 0) is 25.8 Å². The highest BCUT2D eigenvalue weighted by Gasteiger charge is 2.27. The molecule has 1 rings (SSSR count). The Labute approximate surface area is 119 Å². The zero-order valence-electron chi connectivity index (χ0n) is 12.0. The third-order valence-corrected chi connectivity index (χ3v) is 2.87. The molecule has 4 N–H and O–H groups in total. The maximum absolute atomic E-state index is 11.8. The SMILES string of the molecule is CC(C)(N)C(=O)C(N)CCC(=O)OCc1ccccc1. The van der Waals surface area contributed by atoms with Crippen LogP contribution in [0.1, 0.15) is 32.3 Å². The van der Waals surface area contributed by atoms with Crippen molar-refractivity contribution in [2.75, 3.05) is 0 Å². The monoisotopic (exact) mass is 278 g/mol. The first-order valence-corrected chi connectivity index (χ1v) is 6.59. The number of esters is 1. The molecule has 5 heteroatoms. The van der Waals surface area contributed by atoms with Gasteiger partial charge in [0.15, 0.2) is 5.78 Å². The van der Waals surface area contributed by atoms with E-state index in [1.165, 1.54) is 0 Å². The number of benzene rings is 1. The van der Waals surface area contributed by atoms with Crippen LogP contribution in [0.5, 0.6) is 0 Å². The average Bonchev–Trinajstić information content (AvgIpc) is 2.41. The van der Waals surface area contributed by atoms with Gasteiger partial charge in [0.05, 0.1) is 11.6 Å². The number of ketones is 1. The Bertz CT molecular complexity index is 452. The van der Waals surface area contributed by atoms with Gasteiger partial charge in [0.1, 0.15) is 6.61 Å². The number of hydrogen-bond acceptors (Lipinski definition) is 5. The largest absolute Gasteiger partial charge is 0.461 e. The number of rotatable bonds is 7. The van der Waals surface area contributed by atoms with Crippen molar-refractivity contribution in [3.05, 3.63) is 35.9 Å². The molecule has 20 heavy (non-hydrogen) atoms. The Hall–Kier alpha value is -1.72. The van der Waals surface area contributed by atoms with Gasteiger partial charge in [-0.2, -0.15) is 0 Å². The maximum Gasteiger partial charge on any atom is 0.306 e. The quantitative estimate of drug-likeness (QED) is 0.729. The molecule has 0 saturated heterocycles. The molecule has 0 heterocycles. The minimum atomic E-state index is -0.979. The zero-order valence-corrected chi connectivity index (χ0v) is 12.0. The van der Waals surface area contributed by atoms with Crippen LogP contribution in [0, 0.1) is 0 Å². The zero-order chi connectivity index (χ0) is 15.2. The van der Waals surface area contributed by atoms with E-state index >= 15 is 0 Å². The van der Waals surface area contributed by atoms with Crippen LogP contribution in [0.4, 0.5) is 0 Å². The Morgan fingerprint density at radius 1 is 1.25 bits per heavy atom. The van der Waals surface area contributed by atoms with Crippen LogP contribution in [-0.4, -0.2) is 23.3 Å². The highest BCUT2D eigenvalue weighted by molar-refractivity contribution is 5.92. The molecule has 1 aromatic rings. The average molecular weight is 278 g/mol. The van der Waals surface area contributed by atoms with Crippen LogP contribution in [0.2, 0.25) is 0 Å². The topological polar surface area (TPSA) is 95.4 Å². The highest BCUT2D eigenvalue weighted by Crippen LogP contribution is 2.08. The van der Waals surface area contributed by atoms with Crippen LogP contribution in [0.25, 0.3) is 0 Å². The lowest BCUT2D eigenvalue weighted by atomic mass is 9.93. The van der Waals surface area contributed by atoms with E-state index in [2.05, 4.69) is 0 Å². The molecular formula is C15H22N2O3. The summed E-state index contributed by atoms with van der Waals surface area (Å²) >= 11 is 0. The van der Waals surface area contributed by atoms with Crippen LogP contribution in [0.3, 0.4) is 0 Å². The standard InChI is InChI=1S/C15H22N2O3/c1-15(2,17)14(19)12(16)8-9-13(18)20-10-11-6-4-3-5-7-11/h3-7,12H,8-10,16-17H2,1-2H3. The predicted octanol–water partition coefficient (Wildman–Crippen LogP) is 1.14. The van der Waals surface area contributed by atoms with Crippen LogP contribution < -0.4 is 11.5 Å². The number of carbonyl (C=O) groups is 2. The molecule has 0 radical (unpaired) electrons. The molecule has 0 aliphatic carbocycles. The molecule has 0 bridgehead atoms. The van der Waals surface area contributed by atoms with Gasteiger partial charge in [0, 0.05) is 6.42 Å². The van der Waals surface area contributed by atoms with E-state index in [9.17, 15) is 9.59 Å². The summed E-state index contributed by atoms with van der Waals surface area (Å²) in [5, 5.41) is 0. The Balaban J connectivity index is 2.32. The molecule has 1 aromatic carbocycles. The van der Waals surface area contributed by atoms with Crippen molar-refractivity contribution in [1.82, 2.24) is 0 Å². The molecule has 0 aliphatic heterocycles. The van der Waals surface area contributed by atoms with E-state index < -0.39 is 11.6 Å². The summed E-state index contributed by atoms with van der Waals surface area (Å²) in [4.78, 5) is 23.3. The van der Waals surface area contributed by atoms with Crippen molar-refractivity contribution in [1.29, 1.82) is 0 Å². The smallest absolute Gasteiger partial charge is 0.306 e. The van der Waals surface area contributed by atoms with E-state index in [0.29, 0.717) is 0 Å². The van der Waals surface area contributed by atoms with Gasteiger partial charge in [-0.25, -0.2) is 0 Å². The van der Waals surface area contributed by atoms with Crippen LogP contribution >= 0.6 is 0 Å². The molecule has 0 aromatic heterocycles. The van der Waals surface area contributed by atoms with Crippen molar-refractivity contribution >= 4 is 11.8 Å². The van der Waals surface area contributed by atoms with Gasteiger partial charge in [-0.3, -0.25) is 9.59 Å². The van der Waals surface area contributed by atoms with E-state index in [-0.39, 0.29) is 31.2 Å². The molecule has 0 fully saturated rings. The minimum absolute atomic E-state index is 0.107. The van der Waals surface area contributed by atoms with Crippen molar-refractivity contribution < 1.29 is 14.3 Å².